The Morgan fingerprint density at radius 2 is 1.24 bits per heavy atom. The largest absolute Gasteiger partial charge is 0.318 e. The van der Waals surface area contributed by atoms with Crippen LogP contribution < -0.4 is 10.6 Å². The van der Waals surface area contributed by atoms with E-state index in [1.165, 1.54) is 0 Å². The van der Waals surface area contributed by atoms with E-state index in [1.807, 2.05) is 45.0 Å². The van der Waals surface area contributed by atoms with Crippen molar-refractivity contribution in [2.75, 3.05) is 10.6 Å². The van der Waals surface area contributed by atoms with E-state index in [2.05, 4.69) is 10.6 Å². The third-order valence-corrected chi connectivity index (χ3v) is 3.28. The third-order valence-electron chi connectivity index (χ3n) is 3.28. The fourth-order valence-corrected chi connectivity index (χ4v) is 1.83. The molecule has 0 radical (unpaired) electrons. The van der Waals surface area contributed by atoms with E-state index in [9.17, 15) is 9.59 Å². The second kappa shape index (κ2) is 6.22. The lowest BCUT2D eigenvalue weighted by atomic mass is 10.1. The molecule has 0 unspecified atom stereocenters. The highest BCUT2D eigenvalue weighted by Gasteiger charge is 2.14. The van der Waals surface area contributed by atoms with Gasteiger partial charge in [-0.1, -0.05) is 23.8 Å². The number of nitrogens with one attached hydrogen (secondary N) is 2. The normalized spacial score (nSPS) is 10.0. The van der Waals surface area contributed by atoms with Crippen LogP contribution in [0.1, 0.15) is 16.7 Å². The maximum atomic E-state index is 11.9. The van der Waals surface area contributed by atoms with Crippen LogP contribution in [-0.2, 0) is 9.59 Å². The van der Waals surface area contributed by atoms with Crippen LogP contribution >= 0.6 is 0 Å². The second-order valence-corrected chi connectivity index (χ2v) is 5.07. The van der Waals surface area contributed by atoms with E-state index < -0.39 is 11.8 Å². The molecule has 2 amide bonds. The highest BCUT2D eigenvalue weighted by Crippen LogP contribution is 2.14. The molecule has 0 fully saturated rings. The van der Waals surface area contributed by atoms with Gasteiger partial charge in [0.25, 0.3) is 0 Å². The molecule has 0 bridgehead atoms. The van der Waals surface area contributed by atoms with Gasteiger partial charge in [-0.05, 0) is 56.2 Å². The summed E-state index contributed by atoms with van der Waals surface area (Å²) in [6, 6.07) is 12.8. The van der Waals surface area contributed by atoms with Gasteiger partial charge in [-0.15, -0.1) is 0 Å². The van der Waals surface area contributed by atoms with Gasteiger partial charge in [-0.2, -0.15) is 0 Å². The van der Waals surface area contributed by atoms with Crippen molar-refractivity contribution in [3.8, 4) is 0 Å². The lowest BCUT2D eigenvalue weighted by Gasteiger charge is -2.08. The first kappa shape index (κ1) is 14.8. The average molecular weight is 282 g/mol. The number of rotatable bonds is 2. The van der Waals surface area contributed by atoms with Crippen molar-refractivity contribution in [3.05, 3.63) is 59.2 Å². The fourth-order valence-electron chi connectivity index (χ4n) is 1.83. The molecule has 4 nitrogen and oxygen atoms in total. The Bertz CT molecular complexity index is 676. The molecule has 0 saturated heterocycles. The van der Waals surface area contributed by atoms with Crippen molar-refractivity contribution in [2.24, 2.45) is 0 Å². The molecule has 2 aromatic rings. The lowest BCUT2D eigenvalue weighted by molar-refractivity contribution is -0.132. The molecule has 0 aliphatic carbocycles. The Morgan fingerprint density at radius 3 is 1.81 bits per heavy atom. The van der Waals surface area contributed by atoms with Crippen molar-refractivity contribution in [3.63, 3.8) is 0 Å². The molecule has 0 aliphatic heterocycles. The Hall–Kier alpha value is -2.62. The summed E-state index contributed by atoms with van der Waals surface area (Å²) in [7, 11) is 0. The van der Waals surface area contributed by atoms with Crippen LogP contribution in [0.15, 0.2) is 42.5 Å². The molecule has 108 valence electrons. The van der Waals surface area contributed by atoms with Crippen molar-refractivity contribution in [1.29, 1.82) is 0 Å². The number of carbonyl (C=O) groups is 2. The van der Waals surface area contributed by atoms with Crippen LogP contribution in [0.5, 0.6) is 0 Å². The summed E-state index contributed by atoms with van der Waals surface area (Å²) in [6.07, 6.45) is 0. The summed E-state index contributed by atoms with van der Waals surface area (Å²) in [6.45, 7) is 5.90. The van der Waals surface area contributed by atoms with Gasteiger partial charge in [0, 0.05) is 11.4 Å². The van der Waals surface area contributed by atoms with Crippen LogP contribution in [0.3, 0.4) is 0 Å². The topological polar surface area (TPSA) is 58.2 Å². The van der Waals surface area contributed by atoms with Gasteiger partial charge in [0.05, 0.1) is 0 Å². The quantitative estimate of drug-likeness (QED) is 0.831. The molecule has 4 heteroatoms. The van der Waals surface area contributed by atoms with Crippen LogP contribution in [0, 0.1) is 20.8 Å². The highest BCUT2D eigenvalue weighted by molar-refractivity contribution is 6.43. The second-order valence-electron chi connectivity index (χ2n) is 5.07. The first-order chi connectivity index (χ1) is 9.95. The summed E-state index contributed by atoms with van der Waals surface area (Å²) in [5.74, 6) is -1.36. The van der Waals surface area contributed by atoms with Crippen LogP contribution in [0.25, 0.3) is 0 Å². The Labute approximate surface area is 124 Å². The van der Waals surface area contributed by atoms with Gasteiger partial charge in [0.1, 0.15) is 0 Å². The van der Waals surface area contributed by atoms with E-state index in [1.54, 1.807) is 18.2 Å². The molecule has 0 saturated carbocycles. The summed E-state index contributed by atoms with van der Waals surface area (Å²) in [4.78, 5) is 23.7. The van der Waals surface area contributed by atoms with E-state index in [0.717, 1.165) is 16.7 Å². The summed E-state index contributed by atoms with van der Waals surface area (Å²) in [5, 5.41) is 5.15. The molecule has 2 N–H and O–H groups in total. The van der Waals surface area contributed by atoms with Crippen LogP contribution in [0.4, 0.5) is 11.4 Å². The predicted molar refractivity (Wildman–Crippen MR) is 84.4 cm³/mol. The number of hydrogen-bond donors (Lipinski definition) is 2. The van der Waals surface area contributed by atoms with Crippen LogP contribution in [0.2, 0.25) is 0 Å². The minimum absolute atomic E-state index is 0.598. The molecular weight excluding hydrogens is 264 g/mol. The molecule has 21 heavy (non-hydrogen) atoms. The molecular formula is C17H18N2O2. The lowest BCUT2D eigenvalue weighted by Crippen LogP contribution is -2.29. The van der Waals surface area contributed by atoms with E-state index in [4.69, 9.17) is 0 Å². The SMILES string of the molecule is Cc1ccc(NC(=O)C(=O)Nc2ccc(C)c(C)c2)cc1. The van der Waals surface area contributed by atoms with E-state index in [0.29, 0.717) is 11.4 Å². The van der Waals surface area contributed by atoms with E-state index >= 15 is 0 Å². The van der Waals surface area contributed by atoms with Crippen molar-refractivity contribution < 1.29 is 9.59 Å². The molecule has 0 spiro atoms. The molecule has 0 aromatic heterocycles. The van der Waals surface area contributed by atoms with Gasteiger partial charge in [0.2, 0.25) is 0 Å². The monoisotopic (exact) mass is 282 g/mol. The molecule has 2 aromatic carbocycles. The number of anilines is 2. The van der Waals surface area contributed by atoms with Gasteiger partial charge < -0.3 is 10.6 Å². The van der Waals surface area contributed by atoms with Gasteiger partial charge in [0.15, 0.2) is 0 Å². The number of hydrogen-bond acceptors (Lipinski definition) is 2. The van der Waals surface area contributed by atoms with Crippen LogP contribution in [-0.4, -0.2) is 11.8 Å². The first-order valence-corrected chi connectivity index (χ1v) is 6.72. The summed E-state index contributed by atoms with van der Waals surface area (Å²) >= 11 is 0. The number of carbonyl (C=O) groups excluding carboxylic acids is 2. The third kappa shape index (κ3) is 3.92. The maximum Gasteiger partial charge on any atom is 0.314 e. The average Bonchev–Trinajstić information content (AvgIpc) is 2.45. The zero-order valence-corrected chi connectivity index (χ0v) is 12.4. The minimum atomic E-state index is -0.683. The number of aryl methyl sites for hydroxylation is 3. The predicted octanol–water partition coefficient (Wildman–Crippen LogP) is 3.19. The molecule has 0 aliphatic rings. The van der Waals surface area contributed by atoms with Crippen molar-refractivity contribution in [1.82, 2.24) is 0 Å². The molecule has 0 atom stereocenters. The van der Waals surface area contributed by atoms with Gasteiger partial charge in [-0.25, -0.2) is 0 Å². The summed E-state index contributed by atoms with van der Waals surface area (Å²) in [5.41, 5.74) is 4.50. The molecule has 0 heterocycles. The van der Waals surface area contributed by atoms with Crippen molar-refractivity contribution >= 4 is 23.2 Å². The Balaban J connectivity index is 2.00. The minimum Gasteiger partial charge on any atom is -0.318 e. The van der Waals surface area contributed by atoms with Gasteiger partial charge >= 0.3 is 11.8 Å². The Kier molecular flexibility index (Phi) is 4.38. The smallest absolute Gasteiger partial charge is 0.314 e. The summed E-state index contributed by atoms with van der Waals surface area (Å²) < 4.78 is 0. The Morgan fingerprint density at radius 1 is 0.714 bits per heavy atom. The number of benzene rings is 2. The van der Waals surface area contributed by atoms with Crippen molar-refractivity contribution in [2.45, 2.75) is 20.8 Å². The first-order valence-electron chi connectivity index (χ1n) is 6.72. The standard InChI is InChI=1S/C17H18N2O2/c1-11-4-7-14(8-5-11)18-16(20)17(21)19-15-9-6-12(2)13(3)10-15/h4-10H,1-3H3,(H,18,20)(H,19,21). The van der Waals surface area contributed by atoms with E-state index in [-0.39, 0.29) is 0 Å². The zero-order chi connectivity index (χ0) is 15.4. The maximum absolute atomic E-state index is 11.9. The number of amides is 2. The van der Waals surface area contributed by atoms with Gasteiger partial charge in [-0.3, -0.25) is 9.59 Å². The zero-order valence-electron chi connectivity index (χ0n) is 12.4. The molecule has 2 rings (SSSR count). The highest BCUT2D eigenvalue weighted by atomic mass is 16.2. The fraction of sp³-hybridized carbons (Fsp3) is 0.176.